The number of halogens is 1. The highest BCUT2D eigenvalue weighted by Crippen LogP contribution is 2.21. The van der Waals surface area contributed by atoms with Crippen LogP contribution in [0.5, 0.6) is 5.75 Å². The lowest BCUT2D eigenvalue weighted by molar-refractivity contribution is 0.324. The highest BCUT2D eigenvalue weighted by Gasteiger charge is 2.01. The summed E-state index contributed by atoms with van der Waals surface area (Å²) in [7, 11) is 0. The molecule has 0 saturated carbocycles. The molecule has 0 fully saturated rings. The maximum Gasteiger partial charge on any atom is 0.203 e. The van der Waals surface area contributed by atoms with Gasteiger partial charge in [0.25, 0.3) is 0 Å². The van der Waals surface area contributed by atoms with Crippen molar-refractivity contribution < 1.29 is 4.74 Å². The first kappa shape index (κ1) is 16.0. The van der Waals surface area contributed by atoms with Gasteiger partial charge in [-0.25, -0.2) is 10.8 Å². The maximum atomic E-state index is 5.63. The van der Waals surface area contributed by atoms with Crippen LogP contribution in [-0.4, -0.2) is 19.1 Å². The van der Waals surface area contributed by atoms with Crippen LogP contribution in [-0.2, 0) is 0 Å². The van der Waals surface area contributed by atoms with E-state index in [4.69, 9.17) is 16.3 Å². The van der Waals surface area contributed by atoms with Crippen LogP contribution in [0, 0.1) is 13.8 Å². The Hall–Kier alpha value is -1.02. The number of nitrogens with one attached hydrogen (secondary N) is 1. The molecule has 5 nitrogen and oxygen atoms in total. The number of hydrogen-bond donors (Lipinski definition) is 3. The van der Waals surface area contributed by atoms with Crippen molar-refractivity contribution in [1.82, 2.24) is 5.43 Å². The summed E-state index contributed by atoms with van der Waals surface area (Å²) in [6.07, 6.45) is 0. The molecule has 5 N–H and O–H groups in total. The molecule has 96 valence electrons. The smallest absolute Gasteiger partial charge is 0.203 e. The Bertz CT molecular complexity index is 361. The summed E-state index contributed by atoms with van der Waals surface area (Å²) in [4.78, 5) is 3.95. The Balaban J connectivity index is 0.00000256. The summed E-state index contributed by atoms with van der Waals surface area (Å²) in [6.45, 7) is 4.99. The Morgan fingerprint density at radius 2 is 1.94 bits per heavy atom. The van der Waals surface area contributed by atoms with Crippen molar-refractivity contribution >= 4 is 29.9 Å². The first-order valence-corrected chi connectivity index (χ1v) is 5.10. The van der Waals surface area contributed by atoms with E-state index in [0.29, 0.717) is 13.2 Å². The third-order valence-corrected chi connectivity index (χ3v) is 2.18. The maximum absolute atomic E-state index is 5.63. The number of guanidine groups is 1. The van der Waals surface area contributed by atoms with Gasteiger partial charge in [-0.15, -0.1) is 24.0 Å². The Morgan fingerprint density at radius 3 is 2.47 bits per heavy atom. The number of hydrazine groups is 1. The average Bonchev–Trinajstić information content (AvgIpc) is 2.27. The van der Waals surface area contributed by atoms with E-state index in [1.54, 1.807) is 0 Å². The summed E-state index contributed by atoms with van der Waals surface area (Å²) in [5, 5.41) is 0. The van der Waals surface area contributed by atoms with Crippen molar-refractivity contribution in [2.75, 3.05) is 13.2 Å². The van der Waals surface area contributed by atoms with Gasteiger partial charge in [0.15, 0.2) is 0 Å². The van der Waals surface area contributed by atoms with Crippen molar-refractivity contribution in [3.05, 3.63) is 29.3 Å². The summed E-state index contributed by atoms with van der Waals surface area (Å²) in [6, 6.07) is 6.04. The van der Waals surface area contributed by atoms with Gasteiger partial charge < -0.3 is 10.5 Å². The van der Waals surface area contributed by atoms with E-state index in [-0.39, 0.29) is 29.9 Å². The van der Waals surface area contributed by atoms with Gasteiger partial charge in [0.05, 0.1) is 6.54 Å². The molecule has 0 radical (unpaired) electrons. The minimum atomic E-state index is 0. The van der Waals surface area contributed by atoms with E-state index >= 15 is 0 Å². The summed E-state index contributed by atoms with van der Waals surface area (Å²) >= 11 is 0. The molecular weight excluding hydrogens is 331 g/mol. The van der Waals surface area contributed by atoms with Crippen molar-refractivity contribution in [3.8, 4) is 5.75 Å². The van der Waals surface area contributed by atoms with Gasteiger partial charge in [0.1, 0.15) is 12.4 Å². The van der Waals surface area contributed by atoms with E-state index in [9.17, 15) is 0 Å². The van der Waals surface area contributed by atoms with Crippen LogP contribution in [0.25, 0.3) is 0 Å². The van der Waals surface area contributed by atoms with E-state index in [1.807, 2.05) is 32.0 Å². The Labute approximate surface area is 119 Å². The van der Waals surface area contributed by atoms with Crippen LogP contribution in [0.3, 0.4) is 0 Å². The first-order valence-electron chi connectivity index (χ1n) is 5.10. The molecule has 0 heterocycles. The molecule has 0 aliphatic carbocycles. The summed E-state index contributed by atoms with van der Waals surface area (Å²) in [5.41, 5.74) is 9.87. The molecule has 0 saturated heterocycles. The molecule has 0 aliphatic rings. The van der Waals surface area contributed by atoms with E-state index in [0.717, 1.165) is 16.9 Å². The summed E-state index contributed by atoms with van der Waals surface area (Å²) in [5.74, 6) is 6.19. The molecule has 0 amide bonds. The number of para-hydroxylation sites is 1. The highest BCUT2D eigenvalue weighted by molar-refractivity contribution is 14.0. The molecule has 0 unspecified atom stereocenters. The van der Waals surface area contributed by atoms with Crippen LogP contribution in [0.2, 0.25) is 0 Å². The number of aryl methyl sites for hydroxylation is 2. The fourth-order valence-electron chi connectivity index (χ4n) is 1.39. The van der Waals surface area contributed by atoms with Gasteiger partial charge in [-0.05, 0) is 25.0 Å². The van der Waals surface area contributed by atoms with Crippen LogP contribution in [0.15, 0.2) is 23.2 Å². The average molecular weight is 350 g/mol. The summed E-state index contributed by atoms with van der Waals surface area (Å²) < 4.78 is 5.63. The normalized spacial score (nSPS) is 10.6. The highest BCUT2D eigenvalue weighted by atomic mass is 127. The molecule has 0 aliphatic heterocycles. The molecule has 1 rings (SSSR count). The van der Waals surface area contributed by atoms with Gasteiger partial charge in [-0.3, -0.25) is 5.43 Å². The Kier molecular flexibility index (Phi) is 7.64. The lowest BCUT2D eigenvalue weighted by Gasteiger charge is -2.10. The van der Waals surface area contributed by atoms with Gasteiger partial charge in [-0.2, -0.15) is 0 Å². The molecule has 0 spiro atoms. The monoisotopic (exact) mass is 350 g/mol. The van der Waals surface area contributed by atoms with Crippen LogP contribution in [0.4, 0.5) is 0 Å². The minimum Gasteiger partial charge on any atom is -0.491 e. The van der Waals surface area contributed by atoms with Gasteiger partial charge in [0.2, 0.25) is 5.96 Å². The second-order valence-corrected chi connectivity index (χ2v) is 3.48. The number of aliphatic imine (C=N–C) groups is 1. The zero-order valence-electron chi connectivity index (χ0n) is 10.1. The number of nitrogens with zero attached hydrogens (tertiary/aromatic N) is 1. The van der Waals surface area contributed by atoms with E-state index < -0.39 is 0 Å². The number of benzene rings is 1. The Morgan fingerprint density at radius 1 is 1.35 bits per heavy atom. The van der Waals surface area contributed by atoms with Crippen molar-refractivity contribution in [1.29, 1.82) is 0 Å². The van der Waals surface area contributed by atoms with Gasteiger partial charge >= 0.3 is 0 Å². The predicted molar refractivity (Wildman–Crippen MR) is 80.6 cm³/mol. The number of rotatable bonds is 4. The molecule has 6 heteroatoms. The van der Waals surface area contributed by atoms with E-state index in [1.165, 1.54) is 0 Å². The fraction of sp³-hybridized carbons (Fsp3) is 0.364. The third-order valence-electron chi connectivity index (χ3n) is 2.18. The SMILES string of the molecule is Cc1cccc(C)c1OCCN=C(N)NN.I. The zero-order chi connectivity index (χ0) is 12.0. The standard InChI is InChI=1S/C11H18N4O.HI/c1-8-4-3-5-9(2)10(8)16-7-6-14-11(12)15-13;/h3-5H,6-7,13H2,1-2H3,(H3,12,14,15);1H. The van der Waals surface area contributed by atoms with Gasteiger partial charge in [0, 0.05) is 0 Å². The number of ether oxygens (including phenoxy) is 1. The van der Waals surface area contributed by atoms with Crippen molar-refractivity contribution in [3.63, 3.8) is 0 Å². The van der Waals surface area contributed by atoms with Crippen LogP contribution < -0.4 is 21.7 Å². The molecule has 0 atom stereocenters. The lowest BCUT2D eigenvalue weighted by atomic mass is 10.1. The predicted octanol–water partition coefficient (Wildman–Crippen LogP) is 1.08. The molecular formula is C11H19IN4O. The molecule has 1 aromatic rings. The second kappa shape index (κ2) is 8.13. The van der Waals surface area contributed by atoms with E-state index in [2.05, 4.69) is 10.4 Å². The fourth-order valence-corrected chi connectivity index (χ4v) is 1.39. The van der Waals surface area contributed by atoms with Crippen molar-refractivity contribution in [2.24, 2.45) is 16.6 Å². The zero-order valence-corrected chi connectivity index (χ0v) is 12.4. The van der Waals surface area contributed by atoms with Crippen molar-refractivity contribution in [2.45, 2.75) is 13.8 Å². The van der Waals surface area contributed by atoms with Crippen LogP contribution >= 0.6 is 24.0 Å². The largest absolute Gasteiger partial charge is 0.491 e. The van der Waals surface area contributed by atoms with Gasteiger partial charge in [-0.1, -0.05) is 18.2 Å². The molecule has 0 bridgehead atoms. The lowest BCUT2D eigenvalue weighted by Crippen LogP contribution is -2.37. The van der Waals surface area contributed by atoms with Crippen LogP contribution in [0.1, 0.15) is 11.1 Å². The number of nitrogens with two attached hydrogens (primary N) is 2. The molecule has 17 heavy (non-hydrogen) atoms. The first-order chi connectivity index (χ1) is 7.65. The second-order valence-electron chi connectivity index (χ2n) is 3.48. The molecule has 0 aromatic heterocycles. The quantitative estimate of drug-likeness (QED) is 0.189. The minimum absolute atomic E-state index is 0. The number of hydrogen-bond acceptors (Lipinski definition) is 3. The molecule has 1 aromatic carbocycles. The third kappa shape index (κ3) is 5.22. The topological polar surface area (TPSA) is 85.7 Å².